The van der Waals surface area contributed by atoms with Crippen LogP contribution in [0.2, 0.25) is 5.22 Å². The van der Waals surface area contributed by atoms with Crippen molar-refractivity contribution in [3.8, 4) is 0 Å². The number of carbonyl (C=O) groups is 1. The lowest BCUT2D eigenvalue weighted by molar-refractivity contribution is 0.0669. The second-order valence-electron chi connectivity index (χ2n) is 5.33. The van der Waals surface area contributed by atoms with Crippen molar-refractivity contribution in [1.82, 2.24) is 9.80 Å². The average Bonchev–Trinajstić information content (AvgIpc) is 2.91. The Balaban J connectivity index is 1.85. The first kappa shape index (κ1) is 15.4. The fourth-order valence-electron chi connectivity index (χ4n) is 2.78. The van der Waals surface area contributed by atoms with E-state index in [1.54, 1.807) is 6.07 Å². The van der Waals surface area contributed by atoms with Crippen molar-refractivity contribution in [2.45, 2.75) is 26.7 Å². The number of furan rings is 1. The van der Waals surface area contributed by atoms with Gasteiger partial charge in [0.25, 0.3) is 5.91 Å². The first-order valence-electron chi connectivity index (χ1n) is 7.40. The number of nitrogens with zero attached hydrogens (tertiary/aromatic N) is 2. The molecule has 0 aliphatic carbocycles. The molecule has 0 radical (unpaired) electrons. The third kappa shape index (κ3) is 3.55. The summed E-state index contributed by atoms with van der Waals surface area (Å²) >= 11 is 5.87. The van der Waals surface area contributed by atoms with Crippen molar-refractivity contribution in [2.24, 2.45) is 5.92 Å². The lowest BCUT2D eigenvalue weighted by Gasteiger charge is -2.34. The van der Waals surface area contributed by atoms with E-state index in [0.717, 1.165) is 45.6 Å². The summed E-state index contributed by atoms with van der Waals surface area (Å²) in [4.78, 5) is 16.6. The Labute approximate surface area is 125 Å². The third-order valence-corrected chi connectivity index (χ3v) is 4.45. The average molecular weight is 299 g/mol. The molecule has 0 N–H and O–H groups in total. The Morgan fingerprint density at radius 3 is 2.55 bits per heavy atom. The first-order valence-corrected chi connectivity index (χ1v) is 7.78. The fourth-order valence-corrected chi connectivity index (χ4v) is 2.98. The van der Waals surface area contributed by atoms with Crippen LogP contribution in [0.5, 0.6) is 0 Å². The number of halogens is 1. The molecule has 1 aromatic heterocycles. The van der Waals surface area contributed by atoms with Gasteiger partial charge in [-0.2, -0.15) is 0 Å². The van der Waals surface area contributed by atoms with Crippen LogP contribution in [0.4, 0.5) is 0 Å². The van der Waals surface area contributed by atoms with E-state index in [0.29, 0.717) is 11.5 Å². The number of piperidine rings is 1. The van der Waals surface area contributed by atoms with E-state index in [1.165, 1.54) is 6.26 Å². The summed E-state index contributed by atoms with van der Waals surface area (Å²) in [6.45, 7) is 9.35. The van der Waals surface area contributed by atoms with Crippen LogP contribution in [0.25, 0.3) is 0 Å². The molecule has 5 heteroatoms. The molecule has 112 valence electrons. The van der Waals surface area contributed by atoms with Crippen molar-refractivity contribution in [2.75, 3.05) is 32.7 Å². The highest BCUT2D eigenvalue weighted by Crippen LogP contribution is 2.23. The Hall–Kier alpha value is -1.00. The predicted molar refractivity (Wildman–Crippen MR) is 80.1 cm³/mol. The second-order valence-corrected chi connectivity index (χ2v) is 5.67. The fraction of sp³-hybridized carbons (Fsp3) is 0.667. The number of carbonyl (C=O) groups excluding carboxylic acids is 1. The van der Waals surface area contributed by atoms with E-state index >= 15 is 0 Å². The number of hydrogen-bond acceptors (Lipinski definition) is 3. The SMILES string of the molecule is CCN(CC)CC1CCN(C(=O)c2ccoc2Cl)CC1. The van der Waals surface area contributed by atoms with E-state index in [4.69, 9.17) is 16.0 Å². The molecule has 1 saturated heterocycles. The largest absolute Gasteiger partial charge is 0.452 e. The molecule has 0 unspecified atom stereocenters. The molecule has 1 aromatic rings. The van der Waals surface area contributed by atoms with Crippen LogP contribution in [0.1, 0.15) is 37.0 Å². The lowest BCUT2D eigenvalue weighted by Crippen LogP contribution is -2.41. The first-order chi connectivity index (χ1) is 9.65. The molecule has 1 aliphatic heterocycles. The van der Waals surface area contributed by atoms with Crippen LogP contribution in [0.15, 0.2) is 16.7 Å². The lowest BCUT2D eigenvalue weighted by atomic mass is 9.96. The van der Waals surface area contributed by atoms with Gasteiger partial charge >= 0.3 is 0 Å². The van der Waals surface area contributed by atoms with Crippen molar-refractivity contribution >= 4 is 17.5 Å². The van der Waals surface area contributed by atoms with Gasteiger partial charge < -0.3 is 14.2 Å². The van der Waals surface area contributed by atoms with Crippen molar-refractivity contribution < 1.29 is 9.21 Å². The molecule has 1 amide bonds. The van der Waals surface area contributed by atoms with Crippen molar-refractivity contribution in [1.29, 1.82) is 0 Å². The summed E-state index contributed by atoms with van der Waals surface area (Å²) in [6.07, 6.45) is 3.60. The molecule has 20 heavy (non-hydrogen) atoms. The Morgan fingerprint density at radius 2 is 2.05 bits per heavy atom. The van der Waals surface area contributed by atoms with Gasteiger partial charge in [-0.05, 0) is 49.5 Å². The van der Waals surface area contributed by atoms with E-state index in [-0.39, 0.29) is 11.1 Å². The topological polar surface area (TPSA) is 36.7 Å². The van der Waals surface area contributed by atoms with E-state index in [1.807, 2.05) is 4.90 Å². The molecule has 0 saturated carbocycles. The molecule has 1 aliphatic rings. The van der Waals surface area contributed by atoms with Gasteiger partial charge in [-0.25, -0.2) is 0 Å². The normalized spacial score (nSPS) is 16.9. The highest BCUT2D eigenvalue weighted by Gasteiger charge is 2.26. The molecule has 4 nitrogen and oxygen atoms in total. The van der Waals surface area contributed by atoms with Gasteiger partial charge in [0.1, 0.15) is 0 Å². The van der Waals surface area contributed by atoms with Crippen LogP contribution in [0.3, 0.4) is 0 Å². The van der Waals surface area contributed by atoms with E-state index < -0.39 is 0 Å². The van der Waals surface area contributed by atoms with Gasteiger partial charge in [-0.3, -0.25) is 4.79 Å². The standard InChI is InChI=1S/C15H23ClN2O2/c1-3-17(4-2)11-12-5-8-18(9-6-12)15(19)13-7-10-20-14(13)16/h7,10,12H,3-6,8-9,11H2,1-2H3. The summed E-state index contributed by atoms with van der Waals surface area (Å²) in [6, 6.07) is 1.65. The predicted octanol–water partition coefficient (Wildman–Crippen LogP) is 3.13. The van der Waals surface area contributed by atoms with Gasteiger partial charge in [0.15, 0.2) is 0 Å². The minimum Gasteiger partial charge on any atom is -0.452 e. The van der Waals surface area contributed by atoms with Gasteiger partial charge in [0, 0.05) is 19.6 Å². The highest BCUT2D eigenvalue weighted by atomic mass is 35.5. The minimum absolute atomic E-state index is 0.00922. The zero-order valence-corrected chi connectivity index (χ0v) is 13.0. The molecule has 0 bridgehead atoms. The molecular formula is C15H23ClN2O2. The minimum atomic E-state index is -0.00922. The summed E-state index contributed by atoms with van der Waals surface area (Å²) < 4.78 is 4.99. The Kier molecular flexibility index (Phi) is 5.49. The summed E-state index contributed by atoms with van der Waals surface area (Å²) in [5, 5.41) is 0.195. The number of hydrogen-bond donors (Lipinski definition) is 0. The Morgan fingerprint density at radius 1 is 1.40 bits per heavy atom. The van der Waals surface area contributed by atoms with Gasteiger partial charge in [-0.15, -0.1) is 0 Å². The van der Waals surface area contributed by atoms with E-state index in [9.17, 15) is 4.79 Å². The molecular weight excluding hydrogens is 276 g/mol. The number of rotatable bonds is 5. The number of amides is 1. The van der Waals surface area contributed by atoms with Gasteiger partial charge in [0.2, 0.25) is 5.22 Å². The molecule has 1 fully saturated rings. The Bertz CT molecular complexity index is 435. The monoisotopic (exact) mass is 298 g/mol. The van der Waals surface area contributed by atoms with Gasteiger partial charge in [-0.1, -0.05) is 13.8 Å². The number of likely N-dealkylation sites (tertiary alicyclic amines) is 1. The summed E-state index contributed by atoms with van der Waals surface area (Å²) in [5.41, 5.74) is 0.480. The quantitative estimate of drug-likeness (QED) is 0.838. The summed E-state index contributed by atoms with van der Waals surface area (Å²) in [5.74, 6) is 0.684. The molecule has 0 spiro atoms. The van der Waals surface area contributed by atoms with Gasteiger partial charge in [0.05, 0.1) is 11.8 Å². The van der Waals surface area contributed by atoms with Crippen LogP contribution < -0.4 is 0 Å². The van der Waals surface area contributed by atoms with Crippen molar-refractivity contribution in [3.63, 3.8) is 0 Å². The van der Waals surface area contributed by atoms with Crippen LogP contribution in [-0.2, 0) is 0 Å². The maximum absolute atomic E-state index is 12.3. The second kappa shape index (κ2) is 7.14. The maximum Gasteiger partial charge on any atom is 0.258 e. The zero-order chi connectivity index (χ0) is 14.5. The molecule has 0 aromatic carbocycles. The van der Waals surface area contributed by atoms with Crippen LogP contribution in [-0.4, -0.2) is 48.4 Å². The summed E-state index contributed by atoms with van der Waals surface area (Å²) in [7, 11) is 0. The zero-order valence-electron chi connectivity index (χ0n) is 12.3. The van der Waals surface area contributed by atoms with E-state index in [2.05, 4.69) is 18.7 Å². The van der Waals surface area contributed by atoms with Crippen LogP contribution in [0, 0.1) is 5.92 Å². The molecule has 2 heterocycles. The molecule has 2 rings (SSSR count). The smallest absolute Gasteiger partial charge is 0.258 e. The highest BCUT2D eigenvalue weighted by molar-refractivity contribution is 6.32. The maximum atomic E-state index is 12.3. The third-order valence-electron chi connectivity index (χ3n) is 4.16. The van der Waals surface area contributed by atoms with Crippen molar-refractivity contribution in [3.05, 3.63) is 23.1 Å². The molecule has 0 atom stereocenters. The van der Waals surface area contributed by atoms with Crippen LogP contribution >= 0.6 is 11.6 Å².